The summed E-state index contributed by atoms with van der Waals surface area (Å²) >= 11 is 0. The summed E-state index contributed by atoms with van der Waals surface area (Å²) in [6.45, 7) is 2.74. The number of rotatable bonds is 7. The average Bonchev–Trinajstić information content (AvgIpc) is 2.70. The number of nitrogens with two attached hydrogens (primary N) is 1. The maximum atomic E-state index is 13.9. The number of methoxy groups -OCH3 is 1. The highest BCUT2D eigenvalue weighted by Gasteiger charge is 2.23. The predicted octanol–water partition coefficient (Wildman–Crippen LogP) is 3.09. The number of halogens is 1. The van der Waals surface area contributed by atoms with Crippen LogP contribution in [0.4, 0.5) is 15.0 Å². The van der Waals surface area contributed by atoms with Crippen LogP contribution < -0.4 is 20.5 Å². The van der Waals surface area contributed by atoms with Crippen LogP contribution >= 0.6 is 0 Å². The molecule has 0 spiro atoms. The van der Waals surface area contributed by atoms with E-state index < -0.39 is 11.9 Å². The Morgan fingerprint density at radius 1 is 1.27 bits per heavy atom. The molecule has 8 nitrogen and oxygen atoms in total. The Hall–Kier alpha value is -3.46. The van der Waals surface area contributed by atoms with E-state index in [0.29, 0.717) is 16.7 Å². The number of benzene rings is 2. The van der Waals surface area contributed by atoms with Gasteiger partial charge in [-0.15, -0.1) is 0 Å². The molecule has 0 unspecified atom stereocenters. The summed E-state index contributed by atoms with van der Waals surface area (Å²) in [7, 11) is 1.44. The van der Waals surface area contributed by atoms with Crippen molar-refractivity contribution in [1.29, 1.82) is 0 Å². The molecule has 3 N–H and O–H groups in total. The molecule has 1 aromatic heterocycles. The van der Waals surface area contributed by atoms with E-state index in [1.807, 2.05) is 6.07 Å². The van der Waals surface area contributed by atoms with Crippen LogP contribution in [0, 0.1) is 5.82 Å². The van der Waals surface area contributed by atoms with Gasteiger partial charge in [-0.2, -0.15) is 0 Å². The number of likely N-dealkylation sites (tertiary alicyclic amines) is 1. The Kier molecular flexibility index (Phi) is 5.62. The summed E-state index contributed by atoms with van der Waals surface area (Å²) in [6, 6.07) is 9.84. The molecular weight excluding hydrogens is 389 g/mol. The lowest BCUT2D eigenvalue weighted by Gasteiger charge is -2.35. The summed E-state index contributed by atoms with van der Waals surface area (Å²) in [5.74, 6) is 0.606. The van der Waals surface area contributed by atoms with Crippen LogP contribution in [-0.4, -0.2) is 47.7 Å². The Balaban J connectivity index is 1.70. The van der Waals surface area contributed by atoms with Crippen LogP contribution in [0.1, 0.15) is 18.0 Å². The molecule has 156 valence electrons. The van der Waals surface area contributed by atoms with Gasteiger partial charge in [0.2, 0.25) is 0 Å². The van der Waals surface area contributed by atoms with Gasteiger partial charge in [-0.1, -0.05) is 12.1 Å². The van der Waals surface area contributed by atoms with Crippen molar-refractivity contribution in [3.8, 4) is 11.5 Å². The van der Waals surface area contributed by atoms with Crippen LogP contribution in [-0.2, 0) is 0 Å². The third kappa shape index (κ3) is 4.11. The average molecular weight is 411 g/mol. The summed E-state index contributed by atoms with van der Waals surface area (Å²) in [5.41, 5.74) is 6.50. The predicted molar refractivity (Wildman–Crippen MR) is 110 cm³/mol. The number of hydrogen-bond acceptors (Lipinski definition) is 7. The molecule has 1 atom stereocenters. The minimum Gasteiger partial charge on any atom is -0.494 e. The van der Waals surface area contributed by atoms with Crippen LogP contribution in [0.15, 0.2) is 42.7 Å². The van der Waals surface area contributed by atoms with E-state index in [4.69, 9.17) is 15.2 Å². The van der Waals surface area contributed by atoms with Gasteiger partial charge >= 0.3 is 6.09 Å². The first kappa shape index (κ1) is 19.8. The standard InChI is InChI=1S/C21H22FN5O3/c1-29-18-10-13(6-7-15(18)22)16(11-27-8-3-9-27)26-20-14-4-2-5-17(30-21(23)28)19(14)24-12-25-20/h2,4-7,10,12,16H,3,8-9,11H2,1H3,(H2,23,28)(H,24,25,26)/t16-/m1/s1. The van der Waals surface area contributed by atoms with Crippen molar-refractivity contribution in [2.24, 2.45) is 5.73 Å². The molecular formula is C21H22FN5O3. The van der Waals surface area contributed by atoms with E-state index in [0.717, 1.165) is 31.6 Å². The van der Waals surface area contributed by atoms with Crippen molar-refractivity contribution in [3.05, 3.63) is 54.1 Å². The Morgan fingerprint density at radius 3 is 2.80 bits per heavy atom. The molecule has 0 bridgehead atoms. The number of primary amides is 1. The molecule has 1 saturated heterocycles. The molecule has 1 aliphatic heterocycles. The van der Waals surface area contributed by atoms with Crippen LogP contribution in [0.25, 0.3) is 10.9 Å². The highest BCUT2D eigenvalue weighted by atomic mass is 19.1. The van der Waals surface area contributed by atoms with Gasteiger partial charge < -0.3 is 25.4 Å². The highest BCUT2D eigenvalue weighted by Crippen LogP contribution is 2.31. The lowest BCUT2D eigenvalue weighted by atomic mass is 10.0. The number of para-hydroxylation sites is 1. The molecule has 2 heterocycles. The molecule has 4 rings (SSSR count). The highest BCUT2D eigenvalue weighted by molar-refractivity contribution is 5.94. The number of nitrogens with zero attached hydrogens (tertiary/aromatic N) is 3. The van der Waals surface area contributed by atoms with Crippen molar-refractivity contribution in [2.75, 3.05) is 32.1 Å². The second kappa shape index (κ2) is 8.50. The van der Waals surface area contributed by atoms with Gasteiger partial charge in [0.1, 0.15) is 17.7 Å². The third-order valence-electron chi connectivity index (χ3n) is 5.12. The number of carbonyl (C=O) groups is 1. The normalized spacial score (nSPS) is 14.7. The van der Waals surface area contributed by atoms with Crippen LogP contribution in [0.2, 0.25) is 0 Å². The van der Waals surface area contributed by atoms with E-state index in [1.165, 1.54) is 19.5 Å². The number of carbonyl (C=O) groups excluding carboxylic acids is 1. The zero-order valence-electron chi connectivity index (χ0n) is 16.5. The maximum Gasteiger partial charge on any atom is 0.410 e. The minimum absolute atomic E-state index is 0.168. The largest absolute Gasteiger partial charge is 0.494 e. The van der Waals surface area contributed by atoms with Gasteiger partial charge in [0.15, 0.2) is 17.3 Å². The van der Waals surface area contributed by atoms with Gasteiger partial charge in [-0.05, 0) is 49.3 Å². The number of ether oxygens (including phenoxy) is 2. The number of aromatic nitrogens is 2. The molecule has 1 aliphatic rings. The minimum atomic E-state index is -0.912. The second-order valence-corrected chi connectivity index (χ2v) is 7.04. The topological polar surface area (TPSA) is 103 Å². The summed E-state index contributed by atoms with van der Waals surface area (Å²) < 4.78 is 24.1. The molecule has 1 amide bonds. The Bertz CT molecular complexity index is 1070. The monoisotopic (exact) mass is 411 g/mol. The van der Waals surface area contributed by atoms with Gasteiger partial charge in [0, 0.05) is 11.9 Å². The van der Waals surface area contributed by atoms with Crippen molar-refractivity contribution in [1.82, 2.24) is 14.9 Å². The van der Waals surface area contributed by atoms with Gasteiger partial charge in [0.25, 0.3) is 0 Å². The fraction of sp³-hybridized carbons (Fsp3) is 0.286. The van der Waals surface area contributed by atoms with Gasteiger partial charge in [0.05, 0.1) is 13.2 Å². The zero-order chi connectivity index (χ0) is 21.1. The SMILES string of the molecule is COc1cc([C@@H](CN2CCC2)Nc2ncnc3c(OC(N)=O)cccc23)ccc1F. The van der Waals surface area contributed by atoms with Crippen LogP contribution in [0.5, 0.6) is 11.5 Å². The lowest BCUT2D eigenvalue weighted by molar-refractivity contribution is 0.174. The van der Waals surface area contributed by atoms with Crippen molar-refractivity contribution in [2.45, 2.75) is 12.5 Å². The first-order valence-corrected chi connectivity index (χ1v) is 9.58. The number of nitrogens with one attached hydrogen (secondary N) is 1. The van der Waals surface area contributed by atoms with Crippen molar-refractivity contribution < 1.29 is 18.7 Å². The first-order valence-electron chi connectivity index (χ1n) is 9.58. The van der Waals surface area contributed by atoms with Crippen LogP contribution in [0.3, 0.4) is 0 Å². The molecule has 3 aromatic rings. The second-order valence-electron chi connectivity index (χ2n) is 7.04. The van der Waals surface area contributed by atoms with Gasteiger partial charge in [-0.25, -0.2) is 19.2 Å². The smallest absolute Gasteiger partial charge is 0.410 e. The van der Waals surface area contributed by atoms with E-state index >= 15 is 0 Å². The van der Waals surface area contributed by atoms with Gasteiger partial charge in [-0.3, -0.25) is 0 Å². The molecule has 30 heavy (non-hydrogen) atoms. The fourth-order valence-electron chi connectivity index (χ4n) is 3.48. The molecule has 1 fully saturated rings. The fourth-order valence-corrected chi connectivity index (χ4v) is 3.48. The van der Waals surface area contributed by atoms with E-state index in [2.05, 4.69) is 20.2 Å². The lowest BCUT2D eigenvalue weighted by Crippen LogP contribution is -2.41. The molecule has 2 aromatic carbocycles. The van der Waals surface area contributed by atoms with E-state index in [1.54, 1.807) is 24.3 Å². The quantitative estimate of drug-likeness (QED) is 0.616. The Morgan fingerprint density at radius 2 is 2.10 bits per heavy atom. The molecule has 9 heteroatoms. The summed E-state index contributed by atoms with van der Waals surface area (Å²) in [4.78, 5) is 22.1. The molecule has 0 radical (unpaired) electrons. The molecule has 0 aliphatic carbocycles. The molecule has 0 saturated carbocycles. The summed E-state index contributed by atoms with van der Waals surface area (Å²) in [6.07, 6.45) is 1.64. The van der Waals surface area contributed by atoms with Crippen molar-refractivity contribution in [3.63, 3.8) is 0 Å². The number of fused-ring (bicyclic) bond motifs is 1. The number of anilines is 1. The number of amides is 1. The Labute approximate surface area is 172 Å². The maximum absolute atomic E-state index is 13.9. The summed E-state index contributed by atoms with van der Waals surface area (Å²) in [5, 5.41) is 4.13. The first-order chi connectivity index (χ1) is 14.5. The van der Waals surface area contributed by atoms with Crippen molar-refractivity contribution >= 4 is 22.8 Å². The van der Waals surface area contributed by atoms with E-state index in [9.17, 15) is 9.18 Å². The zero-order valence-corrected chi connectivity index (χ0v) is 16.5. The van der Waals surface area contributed by atoms with E-state index in [-0.39, 0.29) is 17.5 Å². The number of hydrogen-bond donors (Lipinski definition) is 2. The third-order valence-corrected chi connectivity index (χ3v) is 5.12.